The molecule has 0 aliphatic carbocycles. The molecule has 2 atom stereocenters. The quantitative estimate of drug-likeness (QED) is 0.0273. The molecule has 0 saturated heterocycles. The van der Waals surface area contributed by atoms with Gasteiger partial charge in [0.25, 0.3) is 0 Å². The molecule has 9 heteroatoms. The van der Waals surface area contributed by atoms with Gasteiger partial charge in [0.1, 0.15) is 12.1 Å². The van der Waals surface area contributed by atoms with E-state index < -0.39 is 24.5 Å². The van der Waals surface area contributed by atoms with Gasteiger partial charge in [-0.3, -0.25) is 14.4 Å². The number of aliphatic hydroxyl groups is 1. The molecule has 0 fully saturated rings. The van der Waals surface area contributed by atoms with Gasteiger partial charge in [0, 0.05) is 12.8 Å². The number of unbranched alkanes of at least 4 members (excludes halogenated alkanes) is 29. The number of esters is 1. The number of ether oxygens (including phenoxy) is 1. The van der Waals surface area contributed by atoms with Gasteiger partial charge in [0.2, 0.25) is 11.8 Å². The van der Waals surface area contributed by atoms with Gasteiger partial charge < -0.3 is 25.6 Å². The number of carbonyl (C=O) groups is 4. The van der Waals surface area contributed by atoms with Gasteiger partial charge in [-0.05, 0) is 44.6 Å². The van der Waals surface area contributed by atoms with Crippen molar-refractivity contribution in [3.05, 3.63) is 12.2 Å². The minimum Gasteiger partial charge on any atom is -0.480 e. The third-order valence-electron chi connectivity index (χ3n) is 10.7. The number of hydrogen-bond acceptors (Lipinski definition) is 6. The van der Waals surface area contributed by atoms with Gasteiger partial charge in [-0.2, -0.15) is 0 Å². The second kappa shape index (κ2) is 42.2. The monoisotopic (exact) mass is 793 g/mol. The van der Waals surface area contributed by atoms with Gasteiger partial charge in [-0.15, -0.1) is 0 Å². The van der Waals surface area contributed by atoms with Crippen LogP contribution in [0.2, 0.25) is 0 Å². The first-order valence-electron chi connectivity index (χ1n) is 23.6. The highest BCUT2D eigenvalue weighted by molar-refractivity contribution is 5.87. The standard InChI is InChI=1S/C47H88N2O7/c1-3-5-7-9-11-12-13-14-15-16-17-18-19-20-21-22-23-24-25-26-27-29-35-39-46(53)56-42(36-32-28-10-8-6-4-2)37-33-30-31-34-38-44(51)48-40-45(52)49-43(41-50)47(54)55/h32,36,42-43,50H,3-31,33-35,37-41H2,1-2H3,(H,48,51)(H,49,52)(H,54,55)/b36-32-. The normalized spacial score (nSPS) is 12.5. The van der Waals surface area contributed by atoms with Crippen LogP contribution in [-0.4, -0.2) is 59.3 Å². The third kappa shape index (κ3) is 38.5. The van der Waals surface area contributed by atoms with E-state index in [4.69, 9.17) is 14.9 Å². The maximum absolute atomic E-state index is 12.7. The van der Waals surface area contributed by atoms with E-state index in [1.165, 1.54) is 154 Å². The minimum absolute atomic E-state index is 0.108. The maximum Gasteiger partial charge on any atom is 0.328 e. The Balaban J connectivity index is 3.96. The van der Waals surface area contributed by atoms with Crippen molar-refractivity contribution in [2.45, 2.75) is 251 Å². The molecule has 2 amide bonds. The maximum atomic E-state index is 12.7. The van der Waals surface area contributed by atoms with Gasteiger partial charge >= 0.3 is 11.9 Å². The molecule has 0 aliphatic heterocycles. The number of hydrogen-bond donors (Lipinski definition) is 4. The third-order valence-corrected chi connectivity index (χ3v) is 10.7. The molecule has 328 valence electrons. The summed E-state index contributed by atoms with van der Waals surface area (Å²) in [6.07, 6.45) is 45.8. The molecule has 56 heavy (non-hydrogen) atoms. The number of aliphatic carboxylic acids is 1. The lowest BCUT2D eigenvalue weighted by atomic mass is 10.0. The smallest absolute Gasteiger partial charge is 0.328 e. The van der Waals surface area contributed by atoms with Crippen LogP contribution in [-0.2, 0) is 23.9 Å². The number of nitrogens with one attached hydrogen (secondary N) is 2. The Hall–Kier alpha value is -2.42. The van der Waals surface area contributed by atoms with E-state index in [0.29, 0.717) is 12.8 Å². The Bertz CT molecular complexity index is 957. The molecule has 0 aromatic rings. The number of aliphatic hydroxyl groups excluding tert-OH is 1. The number of carboxylic acid groups (broad SMARTS) is 1. The molecular weight excluding hydrogens is 705 g/mol. The van der Waals surface area contributed by atoms with Crippen LogP contribution in [0.5, 0.6) is 0 Å². The van der Waals surface area contributed by atoms with Crippen LogP contribution in [0.25, 0.3) is 0 Å². The fourth-order valence-electron chi connectivity index (χ4n) is 7.10. The Morgan fingerprint density at radius 1 is 0.536 bits per heavy atom. The van der Waals surface area contributed by atoms with Gasteiger partial charge in [0.15, 0.2) is 0 Å². The molecule has 0 radical (unpaired) electrons. The Labute approximate surface area is 343 Å². The first-order valence-corrected chi connectivity index (χ1v) is 23.6. The summed E-state index contributed by atoms with van der Waals surface area (Å²) in [6.45, 7) is 3.44. The Kier molecular flexibility index (Phi) is 40.4. The molecule has 0 spiro atoms. The van der Waals surface area contributed by atoms with Crippen LogP contribution >= 0.6 is 0 Å². The Morgan fingerprint density at radius 2 is 0.946 bits per heavy atom. The second-order valence-electron chi connectivity index (χ2n) is 16.2. The zero-order valence-electron chi connectivity index (χ0n) is 36.4. The lowest BCUT2D eigenvalue weighted by Gasteiger charge is -2.15. The average molecular weight is 793 g/mol. The molecule has 9 nitrogen and oxygen atoms in total. The SMILES string of the molecule is CCCCCC/C=C\C(CCCCCCC(=O)NCC(=O)NC(CO)C(=O)O)OC(=O)CCCCCCCCCCCCCCCCCCCCCCCCC. The van der Waals surface area contributed by atoms with E-state index in [-0.39, 0.29) is 30.9 Å². The van der Waals surface area contributed by atoms with Crippen molar-refractivity contribution in [3.8, 4) is 0 Å². The van der Waals surface area contributed by atoms with Crippen molar-refractivity contribution >= 4 is 23.8 Å². The number of carboxylic acids is 1. The molecule has 0 bridgehead atoms. The first kappa shape index (κ1) is 53.6. The first-order chi connectivity index (χ1) is 27.3. The van der Waals surface area contributed by atoms with Crippen molar-refractivity contribution in [2.75, 3.05) is 13.2 Å². The van der Waals surface area contributed by atoms with Crippen molar-refractivity contribution in [3.63, 3.8) is 0 Å². The summed E-state index contributed by atoms with van der Waals surface area (Å²) in [5.74, 6) is -2.38. The van der Waals surface area contributed by atoms with Crippen LogP contribution in [0.1, 0.15) is 239 Å². The van der Waals surface area contributed by atoms with Crippen molar-refractivity contribution < 1.29 is 34.1 Å². The summed E-state index contributed by atoms with van der Waals surface area (Å²) < 4.78 is 5.90. The number of rotatable bonds is 43. The molecule has 4 N–H and O–H groups in total. The van der Waals surface area contributed by atoms with E-state index in [1.54, 1.807) is 0 Å². The van der Waals surface area contributed by atoms with Crippen LogP contribution in [0, 0.1) is 0 Å². The predicted molar refractivity (Wildman–Crippen MR) is 232 cm³/mol. The topological polar surface area (TPSA) is 142 Å². The number of allylic oxidation sites excluding steroid dienone is 1. The van der Waals surface area contributed by atoms with E-state index in [9.17, 15) is 19.2 Å². The van der Waals surface area contributed by atoms with Gasteiger partial charge in [-0.25, -0.2) is 4.79 Å². The van der Waals surface area contributed by atoms with Crippen molar-refractivity contribution in [2.24, 2.45) is 0 Å². The fraction of sp³-hybridized carbons (Fsp3) is 0.872. The molecule has 0 saturated carbocycles. The van der Waals surface area contributed by atoms with Gasteiger partial charge in [-0.1, -0.05) is 193 Å². The van der Waals surface area contributed by atoms with E-state index in [1.807, 2.05) is 0 Å². The summed E-state index contributed by atoms with van der Waals surface area (Å²) in [5.41, 5.74) is 0. The summed E-state index contributed by atoms with van der Waals surface area (Å²) in [7, 11) is 0. The summed E-state index contributed by atoms with van der Waals surface area (Å²) in [5, 5.41) is 22.5. The lowest BCUT2D eigenvalue weighted by Crippen LogP contribution is -2.47. The Morgan fingerprint density at radius 3 is 1.39 bits per heavy atom. The predicted octanol–water partition coefficient (Wildman–Crippen LogP) is 11.8. The zero-order valence-corrected chi connectivity index (χ0v) is 36.4. The summed E-state index contributed by atoms with van der Waals surface area (Å²) >= 11 is 0. The molecule has 0 heterocycles. The van der Waals surface area contributed by atoms with Crippen molar-refractivity contribution in [1.29, 1.82) is 0 Å². The highest BCUT2D eigenvalue weighted by Crippen LogP contribution is 2.17. The van der Waals surface area contributed by atoms with Crippen LogP contribution in [0.15, 0.2) is 12.2 Å². The fourth-order valence-corrected chi connectivity index (χ4v) is 7.10. The molecule has 0 aromatic carbocycles. The lowest BCUT2D eigenvalue weighted by molar-refractivity contribution is -0.147. The highest BCUT2D eigenvalue weighted by Gasteiger charge is 2.19. The zero-order chi connectivity index (χ0) is 41.2. The van der Waals surface area contributed by atoms with Gasteiger partial charge in [0.05, 0.1) is 13.2 Å². The largest absolute Gasteiger partial charge is 0.480 e. The van der Waals surface area contributed by atoms with E-state index >= 15 is 0 Å². The number of amides is 2. The summed E-state index contributed by atoms with van der Waals surface area (Å²) in [4.78, 5) is 47.5. The highest BCUT2D eigenvalue weighted by atomic mass is 16.5. The molecule has 2 unspecified atom stereocenters. The van der Waals surface area contributed by atoms with E-state index in [2.05, 4.69) is 36.6 Å². The van der Waals surface area contributed by atoms with Crippen LogP contribution < -0.4 is 10.6 Å². The molecular formula is C47H88N2O7. The minimum atomic E-state index is -1.39. The summed E-state index contributed by atoms with van der Waals surface area (Å²) in [6, 6.07) is -1.39. The molecule has 0 aromatic heterocycles. The second-order valence-corrected chi connectivity index (χ2v) is 16.2. The van der Waals surface area contributed by atoms with Crippen LogP contribution in [0.3, 0.4) is 0 Å². The van der Waals surface area contributed by atoms with Crippen molar-refractivity contribution in [1.82, 2.24) is 10.6 Å². The van der Waals surface area contributed by atoms with Crippen LogP contribution in [0.4, 0.5) is 0 Å². The molecule has 0 rings (SSSR count). The van der Waals surface area contributed by atoms with E-state index in [0.717, 1.165) is 51.4 Å². The molecule has 0 aliphatic rings. The average Bonchev–Trinajstić information content (AvgIpc) is 3.18. The number of carbonyl (C=O) groups excluding carboxylic acids is 3.